The van der Waals surface area contributed by atoms with Crippen molar-refractivity contribution in [1.82, 2.24) is 25.6 Å². The highest BCUT2D eigenvalue weighted by Crippen LogP contribution is 2.36. The van der Waals surface area contributed by atoms with Crippen LogP contribution in [0.15, 0.2) is 30.3 Å². The van der Waals surface area contributed by atoms with Crippen LogP contribution in [0.5, 0.6) is 0 Å². The minimum absolute atomic E-state index is 0. The molecule has 1 saturated heterocycles. The molecule has 2 fully saturated rings. The van der Waals surface area contributed by atoms with Gasteiger partial charge in [0.2, 0.25) is 0 Å². The molecule has 28 heavy (non-hydrogen) atoms. The van der Waals surface area contributed by atoms with Gasteiger partial charge in [0.1, 0.15) is 0 Å². The van der Waals surface area contributed by atoms with Crippen LogP contribution in [-0.4, -0.2) is 34.0 Å². The third-order valence-corrected chi connectivity index (χ3v) is 6.11. The Balaban J connectivity index is 0.00000225. The Bertz CT molecular complexity index is 766. The topological polar surface area (TPSA) is 71.8 Å². The van der Waals surface area contributed by atoms with Gasteiger partial charge in [-0.15, -0.1) is 17.5 Å². The lowest BCUT2D eigenvalue weighted by molar-refractivity contribution is 0.0916. The number of carbonyl (C=O) groups is 1. The van der Waals surface area contributed by atoms with Gasteiger partial charge in [0.15, 0.2) is 5.69 Å². The maximum absolute atomic E-state index is 13.1. The van der Waals surface area contributed by atoms with Crippen LogP contribution in [0.4, 0.5) is 0 Å². The molecule has 2 heterocycles. The summed E-state index contributed by atoms with van der Waals surface area (Å²) in [6.07, 6.45) is 6.88. The molecular weight excluding hydrogens is 374 g/mol. The number of nitrogens with zero attached hydrogens (tertiary/aromatic N) is 3. The summed E-state index contributed by atoms with van der Waals surface area (Å²) in [4.78, 5) is 13.1. The minimum atomic E-state index is -0.103. The first-order valence-electron chi connectivity index (χ1n) is 10.2. The first-order chi connectivity index (χ1) is 13.2. The molecule has 1 aromatic carbocycles. The van der Waals surface area contributed by atoms with Gasteiger partial charge in [0, 0.05) is 0 Å². The van der Waals surface area contributed by atoms with Gasteiger partial charge in [-0.05, 0) is 57.2 Å². The van der Waals surface area contributed by atoms with Gasteiger partial charge >= 0.3 is 0 Å². The van der Waals surface area contributed by atoms with Gasteiger partial charge in [-0.2, -0.15) is 0 Å². The van der Waals surface area contributed by atoms with Crippen molar-refractivity contribution >= 4 is 18.3 Å². The molecule has 1 aliphatic carbocycles. The zero-order valence-electron chi connectivity index (χ0n) is 16.4. The number of rotatable bonds is 5. The average Bonchev–Trinajstić information content (AvgIpc) is 3.37. The zero-order chi connectivity index (χ0) is 18.6. The number of piperidine rings is 1. The molecule has 4 rings (SSSR count). The smallest absolute Gasteiger partial charge is 0.274 e. The van der Waals surface area contributed by atoms with Crippen molar-refractivity contribution in [1.29, 1.82) is 0 Å². The lowest BCUT2D eigenvalue weighted by atomic mass is 9.91. The summed E-state index contributed by atoms with van der Waals surface area (Å²) in [5.74, 6) is 0.393. The Morgan fingerprint density at radius 3 is 2.50 bits per heavy atom. The first-order valence-corrected chi connectivity index (χ1v) is 10.2. The van der Waals surface area contributed by atoms with E-state index in [9.17, 15) is 4.79 Å². The fourth-order valence-corrected chi connectivity index (χ4v) is 4.58. The minimum Gasteiger partial charge on any atom is -0.343 e. The highest BCUT2D eigenvalue weighted by atomic mass is 35.5. The van der Waals surface area contributed by atoms with Gasteiger partial charge in [0.05, 0.1) is 17.8 Å². The monoisotopic (exact) mass is 403 g/mol. The lowest BCUT2D eigenvalue weighted by Gasteiger charge is -2.25. The van der Waals surface area contributed by atoms with Gasteiger partial charge in [-0.3, -0.25) is 4.79 Å². The molecule has 2 N–H and O–H groups in total. The molecule has 2 aromatic rings. The lowest BCUT2D eigenvalue weighted by Crippen LogP contribution is -2.33. The van der Waals surface area contributed by atoms with Crippen LogP contribution in [0.3, 0.4) is 0 Å². The summed E-state index contributed by atoms with van der Waals surface area (Å²) >= 11 is 0. The van der Waals surface area contributed by atoms with E-state index in [4.69, 9.17) is 0 Å². The van der Waals surface area contributed by atoms with E-state index < -0.39 is 0 Å². The molecule has 6 nitrogen and oxygen atoms in total. The molecule has 1 aromatic heterocycles. The summed E-state index contributed by atoms with van der Waals surface area (Å²) in [6, 6.07) is 10.7. The SMILES string of the molecule is Cc1c(C(=O)NC(c2ccccc2)C2CCCC2)nnn1C1CCNCC1.Cl. The maximum Gasteiger partial charge on any atom is 0.274 e. The quantitative estimate of drug-likeness (QED) is 0.800. The van der Waals surface area contributed by atoms with E-state index in [1.165, 1.54) is 31.2 Å². The Morgan fingerprint density at radius 2 is 1.82 bits per heavy atom. The van der Waals surface area contributed by atoms with Crippen LogP contribution >= 0.6 is 12.4 Å². The molecule has 152 valence electrons. The van der Waals surface area contributed by atoms with Gasteiger partial charge in [0.25, 0.3) is 5.91 Å². The Morgan fingerprint density at radius 1 is 1.14 bits per heavy atom. The third-order valence-electron chi connectivity index (χ3n) is 6.11. The zero-order valence-corrected chi connectivity index (χ0v) is 17.3. The molecule has 7 heteroatoms. The molecule has 1 atom stereocenters. The predicted octanol–water partition coefficient (Wildman–Crippen LogP) is 3.59. The molecular formula is C21H30ClN5O. The van der Waals surface area contributed by atoms with E-state index in [1.54, 1.807) is 0 Å². The number of aromatic nitrogens is 3. The van der Waals surface area contributed by atoms with Gasteiger partial charge in [-0.25, -0.2) is 4.68 Å². The normalized spacial score (nSPS) is 19.2. The average molecular weight is 404 g/mol. The molecule has 0 bridgehead atoms. The van der Waals surface area contributed by atoms with Crippen LogP contribution in [0.1, 0.15) is 72.4 Å². The molecule has 1 unspecified atom stereocenters. The van der Waals surface area contributed by atoms with Crippen molar-refractivity contribution in [3.8, 4) is 0 Å². The largest absolute Gasteiger partial charge is 0.343 e. The molecule has 2 aliphatic rings. The summed E-state index contributed by atoms with van der Waals surface area (Å²) in [6.45, 7) is 3.94. The van der Waals surface area contributed by atoms with Gasteiger partial charge in [-0.1, -0.05) is 48.4 Å². The Kier molecular flexibility index (Phi) is 7.08. The number of amides is 1. The van der Waals surface area contributed by atoms with Crippen molar-refractivity contribution in [2.24, 2.45) is 5.92 Å². The van der Waals surface area contributed by atoms with E-state index in [2.05, 4.69) is 33.1 Å². The molecule has 1 saturated carbocycles. The van der Waals surface area contributed by atoms with E-state index in [-0.39, 0.29) is 24.4 Å². The van der Waals surface area contributed by atoms with Crippen LogP contribution in [0, 0.1) is 12.8 Å². The molecule has 0 spiro atoms. The molecule has 1 amide bonds. The number of halogens is 1. The van der Waals surface area contributed by atoms with E-state index in [1.807, 2.05) is 29.8 Å². The Hall–Kier alpha value is -1.92. The van der Waals surface area contributed by atoms with Crippen LogP contribution < -0.4 is 10.6 Å². The number of carbonyl (C=O) groups excluding carboxylic acids is 1. The van der Waals surface area contributed by atoms with Gasteiger partial charge < -0.3 is 10.6 Å². The third kappa shape index (κ3) is 4.39. The van der Waals surface area contributed by atoms with Crippen molar-refractivity contribution in [2.45, 2.75) is 57.5 Å². The summed E-state index contributed by atoms with van der Waals surface area (Å²) in [5.41, 5.74) is 2.52. The van der Waals surface area contributed by atoms with E-state index in [0.29, 0.717) is 17.7 Å². The second kappa shape index (κ2) is 9.52. The van der Waals surface area contributed by atoms with Crippen LogP contribution in [-0.2, 0) is 0 Å². The predicted molar refractivity (Wildman–Crippen MR) is 112 cm³/mol. The maximum atomic E-state index is 13.1. The second-order valence-corrected chi connectivity index (χ2v) is 7.86. The number of hydrogen-bond donors (Lipinski definition) is 2. The Labute approximate surface area is 172 Å². The highest BCUT2D eigenvalue weighted by molar-refractivity contribution is 5.93. The number of nitrogens with one attached hydrogen (secondary N) is 2. The van der Waals surface area contributed by atoms with Crippen molar-refractivity contribution in [2.75, 3.05) is 13.1 Å². The fraction of sp³-hybridized carbons (Fsp3) is 0.571. The van der Waals surface area contributed by atoms with Crippen LogP contribution in [0.25, 0.3) is 0 Å². The van der Waals surface area contributed by atoms with Crippen molar-refractivity contribution in [3.05, 3.63) is 47.3 Å². The summed E-state index contributed by atoms with van der Waals surface area (Å²) in [7, 11) is 0. The molecule has 0 radical (unpaired) electrons. The standard InChI is InChI=1S/C21H29N5O.ClH/c1-15-19(24-25-26(15)18-11-13-22-14-12-18)21(27)23-20(17-9-5-6-10-17)16-7-3-2-4-8-16;/h2-4,7-8,17-18,20,22H,5-6,9-14H2,1H3,(H,23,27);1H. The van der Waals surface area contributed by atoms with E-state index in [0.717, 1.165) is 31.6 Å². The fourth-order valence-electron chi connectivity index (χ4n) is 4.58. The van der Waals surface area contributed by atoms with Crippen LogP contribution in [0.2, 0.25) is 0 Å². The van der Waals surface area contributed by atoms with Crippen molar-refractivity contribution < 1.29 is 4.79 Å². The first kappa shape index (κ1) is 20.8. The highest BCUT2D eigenvalue weighted by Gasteiger charge is 2.30. The van der Waals surface area contributed by atoms with E-state index >= 15 is 0 Å². The van der Waals surface area contributed by atoms with Crippen molar-refractivity contribution in [3.63, 3.8) is 0 Å². The second-order valence-electron chi connectivity index (χ2n) is 7.86. The number of benzene rings is 1. The summed E-state index contributed by atoms with van der Waals surface area (Å²) in [5, 5.41) is 15.2. The summed E-state index contributed by atoms with van der Waals surface area (Å²) < 4.78 is 1.95. The molecule has 1 aliphatic heterocycles. The number of hydrogen-bond acceptors (Lipinski definition) is 4.